The molecule has 0 aromatic rings. The van der Waals surface area contributed by atoms with Crippen molar-refractivity contribution < 1.29 is 136 Å². The van der Waals surface area contributed by atoms with Crippen LogP contribution in [-0.4, -0.2) is 52.0 Å². The fraction of sp³-hybridized carbons (Fsp3) is 1.00. The molecule has 0 saturated heterocycles. The van der Waals surface area contributed by atoms with E-state index in [0.717, 1.165) is 50.6 Å². The van der Waals surface area contributed by atoms with Crippen LogP contribution >= 0.6 is 24.1 Å². The van der Waals surface area contributed by atoms with E-state index >= 15 is 0 Å². The molecular formula is C20H31N2Na3O10S3. The number of azo groups is 1. The van der Waals surface area contributed by atoms with Gasteiger partial charge in [0, 0.05) is 40.5 Å². The van der Waals surface area contributed by atoms with Gasteiger partial charge in [0.2, 0.25) is 0 Å². The molecule has 18 heteroatoms. The summed E-state index contributed by atoms with van der Waals surface area (Å²) in [6, 6.07) is -0.619. The monoisotopic (exact) mass is 624 g/mol. The Morgan fingerprint density at radius 3 is 2.05 bits per heavy atom. The minimum Gasteiger partial charge on any atom is -0.748 e. The van der Waals surface area contributed by atoms with E-state index in [4.69, 9.17) is 5.11 Å². The average Bonchev–Trinajstić information content (AvgIpc) is 2.85. The maximum absolute atomic E-state index is 11.8. The molecule has 0 aliphatic heterocycles. The third kappa shape index (κ3) is 9.98. The van der Waals surface area contributed by atoms with Crippen molar-refractivity contribution in [2.75, 3.05) is 0 Å². The van der Waals surface area contributed by atoms with Crippen molar-refractivity contribution in [1.29, 1.82) is 0 Å². The minimum atomic E-state index is -4.52. The van der Waals surface area contributed by atoms with Crippen molar-refractivity contribution in [1.82, 2.24) is 0 Å². The number of nitrogens with zero attached hydrogens (tertiary/aromatic N) is 2. The average molecular weight is 625 g/mol. The Bertz CT molecular complexity index is 836. The van der Waals surface area contributed by atoms with E-state index in [1.807, 2.05) is 0 Å². The van der Waals surface area contributed by atoms with Gasteiger partial charge in [-0.3, -0.25) is 10.1 Å². The van der Waals surface area contributed by atoms with Gasteiger partial charge in [-0.15, -0.1) is 0 Å². The fourth-order valence-electron chi connectivity index (χ4n) is 6.87. The second-order valence-electron chi connectivity index (χ2n) is 10.1. The van der Waals surface area contributed by atoms with E-state index in [9.17, 15) is 28.6 Å². The zero-order valence-electron chi connectivity index (χ0n) is 22.1. The summed E-state index contributed by atoms with van der Waals surface area (Å²) in [5.41, 5.74) is 0. The summed E-state index contributed by atoms with van der Waals surface area (Å²) < 4.78 is 44.4. The summed E-state index contributed by atoms with van der Waals surface area (Å²) in [5.74, 6) is 0.136. The van der Waals surface area contributed by atoms with Crippen LogP contribution in [0.25, 0.3) is 0 Å². The second-order valence-corrected chi connectivity index (χ2v) is 13.6. The normalized spacial score (nSPS) is 39.2. The number of rotatable bonds is 9. The predicted molar refractivity (Wildman–Crippen MR) is 119 cm³/mol. The van der Waals surface area contributed by atoms with Crippen LogP contribution in [0.3, 0.4) is 0 Å². The third-order valence-electron chi connectivity index (χ3n) is 8.39. The topological polar surface area (TPSA) is 185 Å². The summed E-state index contributed by atoms with van der Waals surface area (Å²) in [5, 5.41) is 46.5. The molecule has 4 saturated carbocycles. The Labute approximate surface area is 298 Å². The van der Waals surface area contributed by atoms with Crippen LogP contribution in [0.5, 0.6) is 0 Å². The van der Waals surface area contributed by atoms with E-state index in [2.05, 4.69) is 23.9 Å². The quantitative estimate of drug-likeness (QED) is 0.0639. The number of aliphatic hydroxyl groups is 1. The first-order chi connectivity index (χ1) is 16.8. The second kappa shape index (κ2) is 18.7. The molecule has 4 rings (SSSR count). The molecule has 202 valence electrons. The van der Waals surface area contributed by atoms with Gasteiger partial charge < -0.3 is 20.2 Å². The molecule has 38 heavy (non-hydrogen) atoms. The van der Waals surface area contributed by atoms with Gasteiger partial charge in [-0.25, -0.2) is 8.42 Å². The van der Waals surface area contributed by atoms with E-state index in [1.54, 1.807) is 0 Å². The first kappa shape index (κ1) is 39.0. The Morgan fingerprint density at radius 2 is 1.42 bits per heavy atom. The van der Waals surface area contributed by atoms with Gasteiger partial charge in [0.1, 0.15) is 6.04 Å². The van der Waals surface area contributed by atoms with Crippen LogP contribution < -0.4 is 99.2 Å². The summed E-state index contributed by atoms with van der Waals surface area (Å²) in [6.45, 7) is 0. The van der Waals surface area contributed by atoms with Gasteiger partial charge in [-0.1, -0.05) is 12.8 Å². The third-order valence-corrected chi connectivity index (χ3v) is 11.4. The van der Waals surface area contributed by atoms with Gasteiger partial charge in [-0.05, 0) is 69.1 Å². The number of aliphatic hydroxyl groups excluding tert-OH is 1. The molecule has 0 aromatic carbocycles. The van der Waals surface area contributed by atoms with Crippen molar-refractivity contribution in [2.45, 2.75) is 98.1 Å². The van der Waals surface area contributed by atoms with Gasteiger partial charge in [-0.2, -0.15) is 18.9 Å². The van der Waals surface area contributed by atoms with Crippen molar-refractivity contribution in [3.63, 3.8) is 0 Å². The number of hydrogen-bond acceptors (Lipinski definition) is 14. The van der Waals surface area contributed by atoms with Gasteiger partial charge in [0.05, 0.1) is 27.5 Å². The SMILES string of the molecule is O=S(=O)([O-])C1CC2CCC(O)C(N=NC3CCC(SOO[O-])C4CCCCC34)C2C(SOO[O-])C1.[Na+].[Na+].[Na+]. The molecule has 0 aromatic heterocycles. The summed E-state index contributed by atoms with van der Waals surface area (Å²) in [4.78, 5) is 0. The van der Waals surface area contributed by atoms with Crippen LogP contribution in [0.1, 0.15) is 64.2 Å². The summed E-state index contributed by atoms with van der Waals surface area (Å²) >= 11 is 1.77. The first-order valence-electron chi connectivity index (χ1n) is 12.1. The van der Waals surface area contributed by atoms with Crippen molar-refractivity contribution >= 4 is 34.2 Å². The molecule has 1 N–H and O–H groups in total. The van der Waals surface area contributed by atoms with Crippen LogP contribution in [0.4, 0.5) is 0 Å². The first-order valence-corrected chi connectivity index (χ1v) is 15.2. The van der Waals surface area contributed by atoms with Crippen molar-refractivity contribution in [3.8, 4) is 0 Å². The molecule has 4 aliphatic carbocycles. The van der Waals surface area contributed by atoms with E-state index in [1.165, 1.54) is 0 Å². The molecule has 10 unspecified atom stereocenters. The summed E-state index contributed by atoms with van der Waals surface area (Å²) in [7, 11) is -4.52. The molecular weight excluding hydrogens is 593 g/mol. The Balaban J connectivity index is 0.00000241. The van der Waals surface area contributed by atoms with Crippen LogP contribution in [0.2, 0.25) is 0 Å². The van der Waals surface area contributed by atoms with Crippen LogP contribution in [0.15, 0.2) is 10.2 Å². The van der Waals surface area contributed by atoms with Crippen molar-refractivity contribution in [2.24, 2.45) is 33.9 Å². The molecule has 12 nitrogen and oxygen atoms in total. The molecule has 0 amide bonds. The van der Waals surface area contributed by atoms with E-state index in [-0.39, 0.29) is 131 Å². The Kier molecular flexibility index (Phi) is 19.1. The number of hydrogen-bond donors (Lipinski definition) is 1. The van der Waals surface area contributed by atoms with Crippen LogP contribution in [0, 0.1) is 23.7 Å². The number of fused-ring (bicyclic) bond motifs is 2. The van der Waals surface area contributed by atoms with Gasteiger partial charge >= 0.3 is 88.7 Å². The van der Waals surface area contributed by atoms with Crippen LogP contribution in [-0.2, 0) is 28.9 Å². The molecule has 0 spiro atoms. The summed E-state index contributed by atoms with van der Waals surface area (Å²) in [6.07, 6.45) is 6.18. The maximum atomic E-state index is 11.8. The molecule has 0 heterocycles. The Hall–Kier alpha value is 2.93. The van der Waals surface area contributed by atoms with E-state index in [0.29, 0.717) is 30.8 Å². The smallest absolute Gasteiger partial charge is 0.748 e. The predicted octanol–water partition coefficient (Wildman–Crippen LogP) is -7.64. The zero-order chi connectivity index (χ0) is 25.0. The molecule has 4 aliphatic rings. The molecule has 4 fully saturated rings. The maximum Gasteiger partial charge on any atom is 1.00 e. The zero-order valence-corrected chi connectivity index (χ0v) is 30.5. The molecule has 10 atom stereocenters. The van der Waals surface area contributed by atoms with Gasteiger partial charge in [0.25, 0.3) is 0 Å². The van der Waals surface area contributed by atoms with E-state index < -0.39 is 32.8 Å². The minimum absolute atomic E-state index is 0. The fourth-order valence-corrected chi connectivity index (χ4v) is 9.72. The van der Waals surface area contributed by atoms with Gasteiger partial charge in [0.15, 0.2) is 0 Å². The molecule has 0 bridgehead atoms. The Morgan fingerprint density at radius 1 is 0.789 bits per heavy atom. The standard InChI is InChI=1S/C20H34N2O10S3.3Na/c23-16-7-5-11-9-12(35(26,27)28)10-18(34-32-30-25)19(11)20(16)22-21-15-6-8-17(33-31-29-24)14-4-2-1-3-13(14)15;;;/h11-20,23-25H,1-10H2,(H,26,27,28);;;/q;3*+1/p-3. The molecule has 0 radical (unpaired) electrons. The van der Waals surface area contributed by atoms with Crippen molar-refractivity contribution in [3.05, 3.63) is 0 Å². The largest absolute Gasteiger partial charge is 1.00 e.